The smallest absolute Gasteiger partial charge is 0.236 e. The number of hydrogen-bond donors (Lipinski definition) is 0. The Hall–Kier alpha value is -1.39. The third-order valence-corrected chi connectivity index (χ3v) is 5.31. The van der Waals surface area contributed by atoms with Crippen LogP contribution in [0.5, 0.6) is 0 Å². The van der Waals surface area contributed by atoms with Crippen molar-refractivity contribution in [3.05, 3.63) is 34.9 Å². The van der Waals surface area contributed by atoms with Crippen molar-refractivity contribution in [1.29, 1.82) is 0 Å². The minimum atomic E-state index is 0.221. The molecule has 0 aromatic heterocycles. The van der Waals surface area contributed by atoms with Gasteiger partial charge >= 0.3 is 0 Å². The molecule has 4 heteroatoms. The number of fused-ring (bicyclic) bond motifs is 1. The lowest BCUT2D eigenvalue weighted by Gasteiger charge is -2.26. The van der Waals surface area contributed by atoms with E-state index in [1.165, 1.54) is 29.5 Å². The lowest BCUT2D eigenvalue weighted by molar-refractivity contribution is -0.130. The molecule has 1 amide bonds. The highest BCUT2D eigenvalue weighted by atomic mass is 16.2. The molecule has 0 unspecified atom stereocenters. The molecule has 4 nitrogen and oxygen atoms in total. The highest BCUT2D eigenvalue weighted by Gasteiger charge is 2.42. The first-order valence-corrected chi connectivity index (χ1v) is 8.69. The predicted octanol–water partition coefficient (Wildman–Crippen LogP) is 2.04. The predicted molar refractivity (Wildman–Crippen MR) is 93.4 cm³/mol. The molecule has 2 heterocycles. The Balaban J connectivity index is 1.64. The highest BCUT2D eigenvalue weighted by molar-refractivity contribution is 5.77. The average molecular weight is 315 g/mol. The summed E-state index contributed by atoms with van der Waals surface area (Å²) in [7, 11) is 3.69. The number of benzene rings is 1. The van der Waals surface area contributed by atoms with Crippen molar-refractivity contribution < 1.29 is 4.79 Å². The van der Waals surface area contributed by atoms with Gasteiger partial charge in [0.15, 0.2) is 0 Å². The summed E-state index contributed by atoms with van der Waals surface area (Å²) in [6.07, 6.45) is 2.38. The van der Waals surface area contributed by atoms with Crippen LogP contribution in [0, 0.1) is 13.8 Å². The molecule has 2 fully saturated rings. The minimum absolute atomic E-state index is 0.221. The third kappa shape index (κ3) is 3.59. The van der Waals surface area contributed by atoms with Gasteiger partial charge in [0.25, 0.3) is 0 Å². The number of hydrogen-bond acceptors (Lipinski definition) is 3. The zero-order valence-electron chi connectivity index (χ0n) is 14.9. The molecule has 2 saturated heterocycles. The van der Waals surface area contributed by atoms with E-state index in [4.69, 9.17) is 0 Å². The topological polar surface area (TPSA) is 26.8 Å². The van der Waals surface area contributed by atoms with Gasteiger partial charge < -0.3 is 4.90 Å². The molecule has 2 aliphatic rings. The van der Waals surface area contributed by atoms with Crippen LogP contribution in [0.1, 0.15) is 29.5 Å². The fraction of sp³-hybridized carbons (Fsp3) is 0.632. The fourth-order valence-corrected chi connectivity index (χ4v) is 4.27. The van der Waals surface area contributed by atoms with Gasteiger partial charge in [-0.05, 0) is 32.3 Å². The SMILES string of the molecule is Cc1cc(C)cc(CN2CC[C@H]3[C@H]2CCN3CC(=O)N(C)C)c1. The van der Waals surface area contributed by atoms with Crippen LogP contribution in [0.2, 0.25) is 0 Å². The van der Waals surface area contributed by atoms with Gasteiger partial charge in [-0.2, -0.15) is 0 Å². The van der Waals surface area contributed by atoms with Gasteiger partial charge in [0, 0.05) is 45.8 Å². The number of carbonyl (C=O) groups is 1. The fourth-order valence-electron chi connectivity index (χ4n) is 4.27. The molecule has 0 radical (unpaired) electrons. The molecule has 126 valence electrons. The molecule has 23 heavy (non-hydrogen) atoms. The average Bonchev–Trinajstić information content (AvgIpc) is 3.02. The Morgan fingerprint density at radius 3 is 2.22 bits per heavy atom. The van der Waals surface area contributed by atoms with Crippen molar-refractivity contribution in [1.82, 2.24) is 14.7 Å². The first-order chi connectivity index (χ1) is 10.9. The number of carbonyl (C=O) groups excluding carboxylic acids is 1. The van der Waals surface area contributed by atoms with E-state index in [9.17, 15) is 4.79 Å². The van der Waals surface area contributed by atoms with E-state index in [2.05, 4.69) is 41.8 Å². The Labute approximate surface area is 140 Å². The van der Waals surface area contributed by atoms with E-state index in [1.54, 1.807) is 4.90 Å². The van der Waals surface area contributed by atoms with Crippen molar-refractivity contribution in [2.75, 3.05) is 33.7 Å². The number of nitrogens with zero attached hydrogens (tertiary/aromatic N) is 3. The Bertz CT molecular complexity index is 564. The molecule has 3 rings (SSSR count). The summed E-state index contributed by atoms with van der Waals surface area (Å²) in [5, 5.41) is 0. The molecule has 0 spiro atoms. The number of likely N-dealkylation sites (tertiary alicyclic amines) is 2. The second-order valence-electron chi connectivity index (χ2n) is 7.44. The normalized spacial score (nSPS) is 24.9. The zero-order valence-corrected chi connectivity index (χ0v) is 14.9. The standard InChI is InChI=1S/C19H29N3O/c1-14-9-15(2)11-16(10-14)12-21-7-5-18-17(21)6-8-22(18)13-19(23)20(3)4/h9-11,17-18H,5-8,12-13H2,1-4H3/t17-,18+/m1/s1. The molecule has 2 atom stereocenters. The Kier molecular flexibility index (Phi) is 4.74. The molecular weight excluding hydrogens is 286 g/mol. The molecule has 1 aromatic carbocycles. The van der Waals surface area contributed by atoms with E-state index in [0.717, 1.165) is 19.6 Å². The summed E-state index contributed by atoms with van der Waals surface area (Å²) in [4.78, 5) is 18.7. The van der Waals surface area contributed by atoms with Crippen molar-refractivity contribution in [3.63, 3.8) is 0 Å². The zero-order chi connectivity index (χ0) is 16.6. The van der Waals surface area contributed by atoms with Gasteiger partial charge in [0.2, 0.25) is 5.91 Å². The number of aryl methyl sites for hydroxylation is 2. The van der Waals surface area contributed by atoms with Crippen LogP contribution in [0.15, 0.2) is 18.2 Å². The quantitative estimate of drug-likeness (QED) is 0.851. The lowest BCUT2D eigenvalue weighted by atomic mass is 10.1. The van der Waals surface area contributed by atoms with E-state index in [0.29, 0.717) is 18.6 Å². The molecule has 0 saturated carbocycles. The monoisotopic (exact) mass is 315 g/mol. The van der Waals surface area contributed by atoms with Gasteiger partial charge in [0.05, 0.1) is 6.54 Å². The van der Waals surface area contributed by atoms with Crippen molar-refractivity contribution in [3.8, 4) is 0 Å². The summed E-state index contributed by atoms with van der Waals surface area (Å²) in [5.74, 6) is 0.221. The summed E-state index contributed by atoms with van der Waals surface area (Å²) in [6, 6.07) is 8.03. The molecule has 0 aliphatic carbocycles. The van der Waals surface area contributed by atoms with Crippen LogP contribution < -0.4 is 0 Å². The van der Waals surface area contributed by atoms with Crippen molar-refractivity contribution in [2.24, 2.45) is 0 Å². The first-order valence-electron chi connectivity index (χ1n) is 8.69. The van der Waals surface area contributed by atoms with Gasteiger partial charge in [-0.3, -0.25) is 14.6 Å². The van der Waals surface area contributed by atoms with Gasteiger partial charge in [-0.1, -0.05) is 29.3 Å². The molecule has 2 aliphatic heterocycles. The third-order valence-electron chi connectivity index (χ3n) is 5.31. The van der Waals surface area contributed by atoms with Crippen LogP contribution in [-0.4, -0.2) is 66.4 Å². The largest absolute Gasteiger partial charge is 0.348 e. The Morgan fingerprint density at radius 2 is 1.61 bits per heavy atom. The molecule has 0 bridgehead atoms. The second-order valence-corrected chi connectivity index (χ2v) is 7.44. The number of rotatable bonds is 4. The van der Waals surface area contributed by atoms with E-state index in [-0.39, 0.29) is 5.91 Å². The van der Waals surface area contributed by atoms with Crippen LogP contribution in [-0.2, 0) is 11.3 Å². The summed E-state index contributed by atoms with van der Waals surface area (Å²) < 4.78 is 0. The van der Waals surface area contributed by atoms with E-state index < -0.39 is 0 Å². The van der Waals surface area contributed by atoms with Crippen LogP contribution in [0.3, 0.4) is 0 Å². The van der Waals surface area contributed by atoms with Crippen molar-refractivity contribution >= 4 is 5.91 Å². The number of amides is 1. The van der Waals surface area contributed by atoms with Gasteiger partial charge in [-0.15, -0.1) is 0 Å². The van der Waals surface area contributed by atoms with Gasteiger partial charge in [0.1, 0.15) is 0 Å². The molecule has 0 N–H and O–H groups in total. The highest BCUT2D eigenvalue weighted by Crippen LogP contribution is 2.32. The molecule has 1 aromatic rings. The summed E-state index contributed by atoms with van der Waals surface area (Å²) >= 11 is 0. The first kappa shape index (κ1) is 16.5. The van der Waals surface area contributed by atoms with Crippen molar-refractivity contribution in [2.45, 2.75) is 45.3 Å². The second kappa shape index (κ2) is 6.62. The van der Waals surface area contributed by atoms with Crippen LogP contribution in [0.4, 0.5) is 0 Å². The number of likely N-dealkylation sites (N-methyl/N-ethyl adjacent to an activating group) is 1. The lowest BCUT2D eigenvalue weighted by Crippen LogP contribution is -2.41. The summed E-state index contributed by atoms with van der Waals surface area (Å²) in [5.41, 5.74) is 4.12. The maximum Gasteiger partial charge on any atom is 0.236 e. The van der Waals surface area contributed by atoms with E-state index >= 15 is 0 Å². The maximum atomic E-state index is 12.0. The van der Waals surface area contributed by atoms with Crippen LogP contribution >= 0.6 is 0 Å². The van der Waals surface area contributed by atoms with Gasteiger partial charge in [-0.25, -0.2) is 0 Å². The van der Waals surface area contributed by atoms with E-state index in [1.807, 2.05) is 14.1 Å². The summed E-state index contributed by atoms with van der Waals surface area (Å²) in [6.45, 7) is 8.17. The maximum absolute atomic E-state index is 12.0. The van der Waals surface area contributed by atoms with Crippen LogP contribution in [0.25, 0.3) is 0 Å². The molecular formula is C19H29N3O. The minimum Gasteiger partial charge on any atom is -0.348 e. The Morgan fingerprint density at radius 1 is 1.04 bits per heavy atom.